The number of benzene rings is 2. The molecule has 0 bridgehead atoms. The van der Waals surface area contributed by atoms with Gasteiger partial charge in [-0.25, -0.2) is 0 Å². The van der Waals surface area contributed by atoms with Crippen LogP contribution in [0.1, 0.15) is 80.6 Å². The van der Waals surface area contributed by atoms with Crippen LogP contribution in [0.2, 0.25) is 0 Å². The number of rotatable bonds is 7. The molecular weight excluding hydrogens is 358 g/mol. The van der Waals surface area contributed by atoms with Gasteiger partial charge >= 0.3 is 0 Å². The smallest absolute Gasteiger partial charge is 0.254 e. The molecule has 0 radical (unpaired) electrons. The van der Waals surface area contributed by atoms with Gasteiger partial charge in [-0.1, -0.05) is 49.7 Å². The number of likely N-dealkylation sites (N-methyl/N-ethyl adjacent to an activating group) is 1. The van der Waals surface area contributed by atoms with Gasteiger partial charge in [0.1, 0.15) is 0 Å². The van der Waals surface area contributed by atoms with Crippen LogP contribution in [0.25, 0.3) is 0 Å². The fourth-order valence-electron chi connectivity index (χ4n) is 4.29. The molecule has 0 aliphatic heterocycles. The highest BCUT2D eigenvalue weighted by Gasteiger charge is 2.40. The first-order valence-electron chi connectivity index (χ1n) is 11.0. The second-order valence-corrected chi connectivity index (χ2v) is 9.01. The molecule has 0 saturated heterocycles. The lowest BCUT2D eigenvalue weighted by molar-refractivity contribution is -0.0850. The molecule has 3 heteroatoms. The van der Waals surface area contributed by atoms with Crippen LogP contribution < -0.4 is 0 Å². The number of fused-ring (bicyclic) bond motifs is 1. The lowest BCUT2D eigenvalue weighted by Crippen LogP contribution is -2.42. The molecule has 1 amide bonds. The summed E-state index contributed by atoms with van der Waals surface area (Å²) in [7, 11) is 0. The van der Waals surface area contributed by atoms with E-state index in [9.17, 15) is 4.79 Å². The minimum absolute atomic E-state index is 0.0277. The summed E-state index contributed by atoms with van der Waals surface area (Å²) in [6.45, 7) is 11.2. The molecule has 156 valence electrons. The van der Waals surface area contributed by atoms with Crippen molar-refractivity contribution in [1.82, 2.24) is 4.90 Å². The summed E-state index contributed by atoms with van der Waals surface area (Å²) >= 11 is 0. The van der Waals surface area contributed by atoms with Gasteiger partial charge in [-0.05, 0) is 69.4 Å². The normalized spacial score (nSPS) is 18.5. The number of amides is 1. The highest BCUT2D eigenvalue weighted by Crippen LogP contribution is 2.40. The Morgan fingerprint density at radius 3 is 2.38 bits per heavy atom. The number of carbonyl (C=O) groups excluding carboxylic acids is 1. The van der Waals surface area contributed by atoms with E-state index in [1.807, 2.05) is 17.0 Å². The largest absolute Gasteiger partial charge is 0.370 e. The van der Waals surface area contributed by atoms with E-state index < -0.39 is 0 Å². The van der Waals surface area contributed by atoms with Gasteiger partial charge in [-0.3, -0.25) is 4.79 Å². The number of unbranched alkanes of at least 4 members (excludes halogenated alkanes) is 1. The number of aryl methyl sites for hydroxylation is 1. The second kappa shape index (κ2) is 9.13. The third-order valence-corrected chi connectivity index (χ3v) is 5.61. The predicted octanol–water partition coefficient (Wildman–Crippen LogP) is 5.97. The Balaban J connectivity index is 1.88. The summed E-state index contributed by atoms with van der Waals surface area (Å²) in [5.41, 5.74) is 4.30. The topological polar surface area (TPSA) is 29.5 Å². The molecule has 1 aliphatic rings. The van der Waals surface area contributed by atoms with E-state index in [-0.39, 0.29) is 23.7 Å². The van der Waals surface area contributed by atoms with Crippen molar-refractivity contribution in [3.63, 3.8) is 0 Å². The Labute approximate surface area is 176 Å². The first-order chi connectivity index (χ1) is 13.8. The minimum Gasteiger partial charge on any atom is -0.370 e. The van der Waals surface area contributed by atoms with E-state index in [0.29, 0.717) is 6.54 Å². The summed E-state index contributed by atoms with van der Waals surface area (Å²) in [5.74, 6) is 0.0822. The van der Waals surface area contributed by atoms with Gasteiger partial charge in [0.2, 0.25) is 0 Å². The van der Waals surface area contributed by atoms with Gasteiger partial charge in [-0.2, -0.15) is 0 Å². The number of hydrogen-bond donors (Lipinski definition) is 0. The summed E-state index contributed by atoms with van der Waals surface area (Å²) in [4.78, 5) is 15.5. The molecule has 3 rings (SSSR count). The molecule has 0 saturated carbocycles. The molecule has 29 heavy (non-hydrogen) atoms. The zero-order valence-corrected chi connectivity index (χ0v) is 18.6. The van der Waals surface area contributed by atoms with Gasteiger partial charge < -0.3 is 9.64 Å². The zero-order valence-electron chi connectivity index (χ0n) is 18.6. The van der Waals surface area contributed by atoms with Crippen LogP contribution >= 0.6 is 0 Å². The SMILES string of the molecule is CCCCc1ccc(C(=O)N(CC)C2c3ccccc3CC2OC(C)(C)C)cc1. The molecule has 2 aromatic rings. The average Bonchev–Trinajstić information content (AvgIpc) is 3.03. The number of ether oxygens (including phenoxy) is 1. The van der Waals surface area contributed by atoms with Crippen LogP contribution in [0.15, 0.2) is 48.5 Å². The van der Waals surface area contributed by atoms with Gasteiger partial charge in [0.15, 0.2) is 0 Å². The fraction of sp³-hybridized carbons (Fsp3) is 0.500. The third-order valence-electron chi connectivity index (χ3n) is 5.61. The van der Waals surface area contributed by atoms with E-state index in [4.69, 9.17) is 4.74 Å². The molecule has 3 nitrogen and oxygen atoms in total. The van der Waals surface area contributed by atoms with Crippen LogP contribution in [0.5, 0.6) is 0 Å². The Bertz CT molecular complexity index is 819. The van der Waals surface area contributed by atoms with E-state index in [1.54, 1.807) is 0 Å². The van der Waals surface area contributed by atoms with E-state index in [1.165, 1.54) is 29.5 Å². The fourth-order valence-corrected chi connectivity index (χ4v) is 4.29. The lowest BCUT2D eigenvalue weighted by atomic mass is 10.0. The van der Waals surface area contributed by atoms with Crippen LogP contribution in [-0.2, 0) is 17.6 Å². The van der Waals surface area contributed by atoms with E-state index in [2.05, 4.69) is 71.0 Å². The number of nitrogens with zero attached hydrogens (tertiary/aromatic N) is 1. The highest BCUT2D eigenvalue weighted by atomic mass is 16.5. The molecule has 0 heterocycles. The van der Waals surface area contributed by atoms with Crippen molar-refractivity contribution in [1.29, 1.82) is 0 Å². The molecule has 2 aromatic carbocycles. The predicted molar refractivity (Wildman–Crippen MR) is 119 cm³/mol. The Hall–Kier alpha value is -2.13. The first kappa shape index (κ1) is 21.6. The van der Waals surface area contributed by atoms with Crippen LogP contribution in [0, 0.1) is 0 Å². The Morgan fingerprint density at radius 1 is 1.07 bits per heavy atom. The summed E-state index contributed by atoms with van der Waals surface area (Å²) < 4.78 is 6.43. The number of carbonyl (C=O) groups is 1. The van der Waals surface area contributed by atoms with E-state index >= 15 is 0 Å². The lowest BCUT2D eigenvalue weighted by Gasteiger charge is -2.36. The maximum absolute atomic E-state index is 13.5. The van der Waals surface area contributed by atoms with Crippen LogP contribution in [0.4, 0.5) is 0 Å². The van der Waals surface area contributed by atoms with Gasteiger partial charge in [0.05, 0.1) is 17.7 Å². The van der Waals surface area contributed by atoms with Crippen molar-refractivity contribution < 1.29 is 9.53 Å². The highest BCUT2D eigenvalue weighted by molar-refractivity contribution is 5.94. The minimum atomic E-state index is -0.256. The molecule has 0 spiro atoms. The van der Waals surface area contributed by atoms with Crippen LogP contribution in [-0.4, -0.2) is 29.1 Å². The van der Waals surface area contributed by atoms with Crippen molar-refractivity contribution in [2.45, 2.75) is 78.0 Å². The van der Waals surface area contributed by atoms with Crippen molar-refractivity contribution >= 4 is 5.91 Å². The molecule has 0 fully saturated rings. The first-order valence-corrected chi connectivity index (χ1v) is 11.0. The van der Waals surface area contributed by atoms with Crippen LogP contribution in [0.3, 0.4) is 0 Å². The standard InChI is InChI=1S/C26H35NO2/c1-6-8-11-19-14-16-20(17-15-19)25(28)27(7-2)24-22-13-10-9-12-21(22)18-23(24)29-26(3,4)5/h9-10,12-17,23-24H,6-8,11,18H2,1-5H3. The van der Waals surface area contributed by atoms with E-state index in [0.717, 1.165) is 18.4 Å². The Morgan fingerprint density at radius 2 is 1.76 bits per heavy atom. The monoisotopic (exact) mass is 393 g/mol. The van der Waals surface area contributed by atoms with Crippen molar-refractivity contribution in [2.24, 2.45) is 0 Å². The maximum Gasteiger partial charge on any atom is 0.254 e. The quantitative estimate of drug-likeness (QED) is 0.580. The van der Waals surface area contributed by atoms with Crippen molar-refractivity contribution in [3.8, 4) is 0 Å². The van der Waals surface area contributed by atoms with Gasteiger partial charge in [-0.15, -0.1) is 0 Å². The average molecular weight is 394 g/mol. The molecule has 2 unspecified atom stereocenters. The second-order valence-electron chi connectivity index (χ2n) is 9.01. The summed E-state index contributed by atoms with van der Waals surface area (Å²) in [6.07, 6.45) is 4.25. The summed E-state index contributed by atoms with van der Waals surface area (Å²) in [5, 5.41) is 0. The van der Waals surface area contributed by atoms with Gasteiger partial charge in [0, 0.05) is 18.5 Å². The van der Waals surface area contributed by atoms with Crippen molar-refractivity contribution in [2.75, 3.05) is 6.54 Å². The molecule has 1 aliphatic carbocycles. The number of hydrogen-bond acceptors (Lipinski definition) is 2. The third kappa shape index (κ3) is 5.08. The molecule has 2 atom stereocenters. The van der Waals surface area contributed by atoms with Gasteiger partial charge in [0.25, 0.3) is 5.91 Å². The molecule has 0 aromatic heterocycles. The molecular formula is C26H35NO2. The van der Waals surface area contributed by atoms with Crippen molar-refractivity contribution in [3.05, 3.63) is 70.8 Å². The Kier molecular flexibility index (Phi) is 6.79. The summed E-state index contributed by atoms with van der Waals surface area (Å²) in [6, 6.07) is 16.6. The zero-order chi connectivity index (χ0) is 21.0. The maximum atomic E-state index is 13.5. The molecule has 0 N–H and O–H groups in total.